The van der Waals surface area contributed by atoms with Crippen LogP contribution in [0.2, 0.25) is 5.02 Å². The monoisotopic (exact) mass is 333 g/mol. The van der Waals surface area contributed by atoms with Crippen molar-refractivity contribution in [2.45, 2.75) is 13.3 Å². The summed E-state index contributed by atoms with van der Waals surface area (Å²) in [5.41, 5.74) is 1.35. The number of aryl methyl sites for hydroxylation is 1. The summed E-state index contributed by atoms with van der Waals surface area (Å²) in [7, 11) is 1.23. The van der Waals surface area contributed by atoms with Gasteiger partial charge in [-0.15, -0.1) is 0 Å². The summed E-state index contributed by atoms with van der Waals surface area (Å²) >= 11 is 5.91. The third-order valence-electron chi connectivity index (χ3n) is 3.19. The van der Waals surface area contributed by atoms with Gasteiger partial charge in [0.1, 0.15) is 23.3 Å². The maximum absolute atomic E-state index is 13.3. The van der Waals surface area contributed by atoms with E-state index in [2.05, 4.69) is 10.3 Å². The summed E-state index contributed by atoms with van der Waals surface area (Å²) < 4.78 is 18.0. The average molecular weight is 334 g/mol. The normalized spacial score (nSPS) is 10.0. The van der Waals surface area contributed by atoms with Gasteiger partial charge in [0.2, 0.25) is 0 Å². The van der Waals surface area contributed by atoms with E-state index in [1.54, 1.807) is 0 Å². The third kappa shape index (κ3) is 3.58. The van der Waals surface area contributed by atoms with Crippen LogP contribution in [0, 0.1) is 17.1 Å². The van der Waals surface area contributed by atoms with Crippen LogP contribution >= 0.6 is 11.6 Å². The lowest BCUT2D eigenvalue weighted by Gasteiger charge is -2.14. The summed E-state index contributed by atoms with van der Waals surface area (Å²) in [5, 5.41) is 12.0. The number of ether oxygens (including phenoxy) is 1. The molecule has 1 aromatic heterocycles. The van der Waals surface area contributed by atoms with Crippen LogP contribution in [0.3, 0.4) is 0 Å². The molecule has 0 spiro atoms. The van der Waals surface area contributed by atoms with Gasteiger partial charge in [0, 0.05) is 5.69 Å². The van der Waals surface area contributed by atoms with Gasteiger partial charge in [0.15, 0.2) is 5.69 Å². The molecular weight excluding hydrogens is 321 g/mol. The van der Waals surface area contributed by atoms with Crippen molar-refractivity contribution in [3.63, 3.8) is 0 Å². The van der Waals surface area contributed by atoms with Crippen LogP contribution in [-0.2, 0) is 11.2 Å². The van der Waals surface area contributed by atoms with Crippen molar-refractivity contribution in [3.8, 4) is 6.07 Å². The molecule has 0 amide bonds. The standard InChI is InChI=1S/C16H13ClFN3O2/c1-3-9-6-10(18)4-5-13(9)20-15-11(16(22)23-2)7-12(17)14(8-19)21-15/h4-7H,3H2,1-2H3,(H,20,21). The van der Waals surface area contributed by atoms with Crippen molar-refractivity contribution in [1.29, 1.82) is 5.26 Å². The number of hydrogen-bond donors (Lipinski definition) is 1. The molecule has 1 N–H and O–H groups in total. The fourth-order valence-electron chi connectivity index (χ4n) is 2.03. The minimum atomic E-state index is -0.647. The first kappa shape index (κ1) is 16.7. The Labute approximate surface area is 137 Å². The van der Waals surface area contributed by atoms with Crippen LogP contribution in [0.1, 0.15) is 28.5 Å². The summed E-state index contributed by atoms with van der Waals surface area (Å²) in [6.45, 7) is 1.87. The molecule has 0 atom stereocenters. The van der Waals surface area contributed by atoms with Crippen molar-refractivity contribution in [1.82, 2.24) is 4.98 Å². The highest BCUT2D eigenvalue weighted by Gasteiger charge is 2.18. The molecule has 0 aliphatic rings. The molecule has 0 saturated carbocycles. The number of aromatic nitrogens is 1. The van der Waals surface area contributed by atoms with Gasteiger partial charge in [-0.1, -0.05) is 18.5 Å². The van der Waals surface area contributed by atoms with Gasteiger partial charge >= 0.3 is 5.97 Å². The molecule has 0 radical (unpaired) electrons. The van der Waals surface area contributed by atoms with E-state index in [9.17, 15) is 9.18 Å². The highest BCUT2D eigenvalue weighted by molar-refractivity contribution is 6.32. The van der Waals surface area contributed by atoms with Crippen molar-refractivity contribution >= 4 is 29.1 Å². The van der Waals surface area contributed by atoms with Gasteiger partial charge in [-0.2, -0.15) is 5.26 Å². The maximum Gasteiger partial charge on any atom is 0.341 e. The van der Waals surface area contributed by atoms with Crippen LogP contribution in [-0.4, -0.2) is 18.1 Å². The molecule has 2 aromatic rings. The molecule has 0 unspecified atom stereocenters. The number of rotatable bonds is 4. The zero-order valence-electron chi connectivity index (χ0n) is 12.5. The molecule has 7 heteroatoms. The fraction of sp³-hybridized carbons (Fsp3) is 0.188. The van der Waals surface area contributed by atoms with Crippen LogP contribution in [0.15, 0.2) is 24.3 Å². The van der Waals surface area contributed by atoms with Crippen molar-refractivity contribution in [2.24, 2.45) is 0 Å². The number of carbonyl (C=O) groups excluding carboxylic acids is 1. The van der Waals surface area contributed by atoms with Crippen LogP contribution in [0.5, 0.6) is 0 Å². The Kier molecular flexibility index (Phi) is 5.14. The molecule has 0 bridgehead atoms. The molecule has 0 aliphatic heterocycles. The van der Waals surface area contributed by atoms with Crippen molar-refractivity contribution in [2.75, 3.05) is 12.4 Å². The lowest BCUT2D eigenvalue weighted by molar-refractivity contribution is 0.0601. The second-order valence-electron chi connectivity index (χ2n) is 4.60. The van der Waals surface area contributed by atoms with E-state index >= 15 is 0 Å². The largest absolute Gasteiger partial charge is 0.465 e. The van der Waals surface area contributed by atoms with Gasteiger partial charge in [0.25, 0.3) is 0 Å². The fourth-order valence-corrected chi connectivity index (χ4v) is 2.23. The van der Waals surface area contributed by atoms with Crippen molar-refractivity contribution in [3.05, 3.63) is 51.9 Å². The van der Waals surface area contributed by atoms with Gasteiger partial charge < -0.3 is 10.1 Å². The molecule has 0 aliphatic carbocycles. The Morgan fingerprint density at radius 1 is 1.48 bits per heavy atom. The third-order valence-corrected chi connectivity index (χ3v) is 3.48. The minimum Gasteiger partial charge on any atom is -0.465 e. The topological polar surface area (TPSA) is 75.0 Å². The first-order valence-electron chi connectivity index (χ1n) is 6.74. The molecule has 0 fully saturated rings. The van der Waals surface area contributed by atoms with Crippen LogP contribution in [0.25, 0.3) is 0 Å². The minimum absolute atomic E-state index is 0.0259. The zero-order valence-corrected chi connectivity index (χ0v) is 13.2. The van der Waals surface area contributed by atoms with Gasteiger partial charge in [-0.25, -0.2) is 14.2 Å². The smallest absolute Gasteiger partial charge is 0.341 e. The number of esters is 1. The lowest BCUT2D eigenvalue weighted by Crippen LogP contribution is -2.09. The summed E-state index contributed by atoms with van der Waals surface area (Å²) in [4.78, 5) is 15.9. The van der Waals surface area contributed by atoms with E-state index in [-0.39, 0.29) is 27.9 Å². The first-order valence-corrected chi connectivity index (χ1v) is 7.12. The summed E-state index contributed by atoms with van der Waals surface area (Å²) in [6.07, 6.45) is 0.576. The number of nitriles is 1. The number of nitrogens with zero attached hydrogens (tertiary/aromatic N) is 2. The first-order chi connectivity index (χ1) is 11.0. The number of benzene rings is 1. The molecular formula is C16H13ClFN3O2. The van der Waals surface area contributed by atoms with Gasteiger partial charge in [-0.05, 0) is 36.2 Å². The number of carbonyl (C=O) groups is 1. The Bertz CT molecular complexity index is 803. The molecule has 5 nitrogen and oxygen atoms in total. The van der Waals surface area contributed by atoms with Crippen LogP contribution in [0.4, 0.5) is 15.9 Å². The second-order valence-corrected chi connectivity index (χ2v) is 5.01. The number of nitrogens with one attached hydrogen (secondary N) is 1. The second kappa shape index (κ2) is 7.07. The Hall–Kier alpha value is -2.65. The lowest BCUT2D eigenvalue weighted by atomic mass is 10.1. The Balaban J connectivity index is 2.54. The van der Waals surface area contributed by atoms with Crippen molar-refractivity contribution < 1.29 is 13.9 Å². The summed E-state index contributed by atoms with van der Waals surface area (Å²) in [6, 6.07) is 7.39. The number of halogens is 2. The van der Waals surface area contributed by atoms with E-state index in [1.807, 2.05) is 13.0 Å². The molecule has 0 saturated heterocycles. The zero-order chi connectivity index (χ0) is 17.0. The SMILES string of the molecule is CCc1cc(F)ccc1Nc1nc(C#N)c(Cl)cc1C(=O)OC. The number of anilines is 2. The number of pyridine rings is 1. The average Bonchev–Trinajstić information content (AvgIpc) is 2.56. The van der Waals surface area contributed by atoms with Gasteiger partial charge in [-0.3, -0.25) is 0 Å². The highest BCUT2D eigenvalue weighted by atomic mass is 35.5. The molecule has 23 heavy (non-hydrogen) atoms. The molecule has 1 aromatic carbocycles. The summed E-state index contributed by atoms with van der Waals surface area (Å²) in [5.74, 6) is -0.881. The maximum atomic E-state index is 13.3. The Morgan fingerprint density at radius 2 is 2.22 bits per heavy atom. The quantitative estimate of drug-likeness (QED) is 0.860. The molecule has 1 heterocycles. The predicted octanol–water partition coefficient (Wildman–Crippen LogP) is 3.84. The molecule has 2 rings (SSSR count). The van der Waals surface area contributed by atoms with E-state index in [0.717, 1.165) is 0 Å². The van der Waals surface area contributed by atoms with E-state index in [1.165, 1.54) is 31.4 Å². The Morgan fingerprint density at radius 3 is 2.83 bits per heavy atom. The predicted molar refractivity (Wildman–Crippen MR) is 84.4 cm³/mol. The molecule has 118 valence electrons. The van der Waals surface area contributed by atoms with E-state index < -0.39 is 5.97 Å². The van der Waals surface area contributed by atoms with E-state index in [0.29, 0.717) is 17.7 Å². The van der Waals surface area contributed by atoms with Crippen LogP contribution < -0.4 is 5.32 Å². The number of hydrogen-bond acceptors (Lipinski definition) is 5. The highest BCUT2D eigenvalue weighted by Crippen LogP contribution is 2.27. The van der Waals surface area contributed by atoms with Gasteiger partial charge in [0.05, 0.1) is 12.1 Å². The van der Waals surface area contributed by atoms with E-state index in [4.69, 9.17) is 21.6 Å². The number of methoxy groups -OCH3 is 1.